The maximum absolute atomic E-state index is 13.6. The molecule has 1 heterocycles. The molecule has 0 spiro atoms. The van der Waals surface area contributed by atoms with Gasteiger partial charge in [0, 0.05) is 6.04 Å². The normalized spacial score (nSPS) is 18.2. The molecule has 0 saturated heterocycles. The number of hydrogen-bond donors (Lipinski definition) is 1. The molecule has 1 aliphatic carbocycles. The number of hydrogen-bond acceptors (Lipinski definition) is 2. The van der Waals surface area contributed by atoms with E-state index in [-0.39, 0.29) is 5.82 Å². The zero-order chi connectivity index (χ0) is 12.0. The van der Waals surface area contributed by atoms with E-state index in [2.05, 4.69) is 11.9 Å². The number of rotatable bonds is 2. The summed E-state index contributed by atoms with van der Waals surface area (Å²) in [4.78, 5) is 4.14. The lowest BCUT2D eigenvalue weighted by molar-refractivity contribution is 0.227. The number of nitrogens with two attached hydrogens (primary N) is 1. The summed E-state index contributed by atoms with van der Waals surface area (Å²) in [7, 11) is 0. The van der Waals surface area contributed by atoms with E-state index in [1.165, 1.54) is 25.3 Å². The highest BCUT2D eigenvalue weighted by molar-refractivity contribution is 5.79. The van der Waals surface area contributed by atoms with Crippen molar-refractivity contribution < 1.29 is 4.39 Å². The number of fused-ring (bicyclic) bond motifs is 1. The van der Waals surface area contributed by atoms with Gasteiger partial charge in [-0.3, -0.25) is 0 Å². The first-order valence-electron chi connectivity index (χ1n) is 6.10. The van der Waals surface area contributed by atoms with E-state index < -0.39 is 0 Å². The van der Waals surface area contributed by atoms with Crippen LogP contribution in [-0.2, 0) is 0 Å². The van der Waals surface area contributed by atoms with Gasteiger partial charge in [-0.15, -0.1) is 0 Å². The summed E-state index contributed by atoms with van der Waals surface area (Å²) in [6.07, 6.45) is 3.75. The van der Waals surface area contributed by atoms with Crippen LogP contribution in [0.4, 0.5) is 10.3 Å². The van der Waals surface area contributed by atoms with Crippen molar-refractivity contribution in [1.82, 2.24) is 9.55 Å². The minimum atomic E-state index is -0.297. The van der Waals surface area contributed by atoms with Gasteiger partial charge in [-0.2, -0.15) is 0 Å². The highest BCUT2D eigenvalue weighted by Gasteiger charge is 2.27. The number of benzene rings is 1. The molecule has 1 aromatic carbocycles. The molecule has 1 atom stereocenters. The van der Waals surface area contributed by atoms with Gasteiger partial charge < -0.3 is 10.3 Å². The zero-order valence-corrected chi connectivity index (χ0v) is 9.86. The van der Waals surface area contributed by atoms with Crippen LogP contribution in [0.3, 0.4) is 0 Å². The summed E-state index contributed by atoms with van der Waals surface area (Å²) < 4.78 is 15.6. The van der Waals surface area contributed by atoms with Crippen molar-refractivity contribution in [2.24, 2.45) is 5.92 Å². The number of imidazole rings is 1. The van der Waals surface area contributed by atoms with Crippen LogP contribution in [0.25, 0.3) is 11.0 Å². The molecule has 1 unspecified atom stereocenters. The lowest BCUT2D eigenvalue weighted by atomic mass is 9.80. The van der Waals surface area contributed by atoms with Crippen molar-refractivity contribution in [2.75, 3.05) is 5.73 Å². The maximum atomic E-state index is 13.6. The van der Waals surface area contributed by atoms with Gasteiger partial charge in [-0.1, -0.05) is 12.5 Å². The molecule has 3 rings (SSSR count). The van der Waals surface area contributed by atoms with E-state index in [9.17, 15) is 4.39 Å². The second-order valence-corrected chi connectivity index (χ2v) is 4.88. The second kappa shape index (κ2) is 3.72. The van der Waals surface area contributed by atoms with Crippen molar-refractivity contribution in [2.45, 2.75) is 32.2 Å². The Morgan fingerprint density at radius 3 is 2.88 bits per heavy atom. The summed E-state index contributed by atoms with van der Waals surface area (Å²) >= 11 is 0. The largest absolute Gasteiger partial charge is 0.369 e. The van der Waals surface area contributed by atoms with Gasteiger partial charge in [0.15, 0.2) is 5.82 Å². The Bertz CT molecular complexity index is 557. The first-order chi connectivity index (χ1) is 8.18. The van der Waals surface area contributed by atoms with Crippen LogP contribution in [0, 0.1) is 11.7 Å². The Balaban J connectivity index is 2.14. The first-order valence-corrected chi connectivity index (χ1v) is 6.10. The van der Waals surface area contributed by atoms with Crippen molar-refractivity contribution >= 4 is 17.0 Å². The molecule has 2 N–H and O–H groups in total. The van der Waals surface area contributed by atoms with Gasteiger partial charge in [0.2, 0.25) is 5.95 Å². The van der Waals surface area contributed by atoms with Gasteiger partial charge in [-0.05, 0) is 37.8 Å². The highest BCUT2D eigenvalue weighted by Crippen LogP contribution is 2.38. The minimum absolute atomic E-state index is 0.297. The monoisotopic (exact) mass is 233 g/mol. The van der Waals surface area contributed by atoms with Crippen LogP contribution in [0.15, 0.2) is 18.2 Å². The van der Waals surface area contributed by atoms with Crippen LogP contribution in [-0.4, -0.2) is 9.55 Å². The van der Waals surface area contributed by atoms with Crippen molar-refractivity contribution in [3.63, 3.8) is 0 Å². The van der Waals surface area contributed by atoms with E-state index in [0.717, 1.165) is 5.52 Å². The van der Waals surface area contributed by atoms with Crippen LogP contribution in [0.1, 0.15) is 32.2 Å². The number of nitrogen functional groups attached to an aromatic ring is 1. The van der Waals surface area contributed by atoms with E-state index in [4.69, 9.17) is 5.73 Å². The SMILES string of the molecule is CC(C1CCC1)n1c(N)nc2c(F)cccc21. The number of anilines is 1. The van der Waals surface area contributed by atoms with Crippen molar-refractivity contribution in [3.8, 4) is 0 Å². The van der Waals surface area contributed by atoms with Gasteiger partial charge in [0.1, 0.15) is 5.52 Å². The Labute approximate surface area is 99.4 Å². The molecule has 4 heteroatoms. The van der Waals surface area contributed by atoms with Gasteiger partial charge in [0.25, 0.3) is 0 Å². The van der Waals surface area contributed by atoms with E-state index in [0.29, 0.717) is 23.4 Å². The molecule has 90 valence electrons. The van der Waals surface area contributed by atoms with Gasteiger partial charge in [-0.25, -0.2) is 9.37 Å². The third-order valence-corrected chi connectivity index (χ3v) is 3.94. The molecule has 0 aliphatic heterocycles. The predicted octanol–water partition coefficient (Wildman–Crippen LogP) is 3.12. The van der Waals surface area contributed by atoms with E-state index in [1.54, 1.807) is 6.07 Å². The lowest BCUT2D eigenvalue weighted by Gasteiger charge is -2.32. The van der Waals surface area contributed by atoms with Crippen LogP contribution in [0.5, 0.6) is 0 Å². The third-order valence-electron chi connectivity index (χ3n) is 3.94. The molecular weight excluding hydrogens is 217 g/mol. The number of aromatic nitrogens is 2. The smallest absolute Gasteiger partial charge is 0.201 e. The summed E-state index contributed by atoms with van der Waals surface area (Å²) in [5, 5.41) is 0. The fourth-order valence-electron chi connectivity index (χ4n) is 2.66. The topological polar surface area (TPSA) is 43.8 Å². The minimum Gasteiger partial charge on any atom is -0.369 e. The molecule has 2 aromatic rings. The summed E-state index contributed by atoms with van der Waals surface area (Å²) in [6.45, 7) is 2.15. The summed E-state index contributed by atoms with van der Waals surface area (Å²) in [5.41, 5.74) is 7.12. The molecular formula is C13H16FN3. The molecule has 0 amide bonds. The fraction of sp³-hybridized carbons (Fsp3) is 0.462. The second-order valence-electron chi connectivity index (χ2n) is 4.88. The molecule has 3 nitrogen and oxygen atoms in total. The average Bonchev–Trinajstić information content (AvgIpc) is 2.53. The Kier molecular flexibility index (Phi) is 2.31. The molecule has 0 bridgehead atoms. The van der Waals surface area contributed by atoms with Gasteiger partial charge in [0.05, 0.1) is 5.52 Å². The molecule has 1 fully saturated rings. The molecule has 1 aliphatic rings. The number of nitrogens with zero attached hydrogens (tertiary/aromatic N) is 2. The Hall–Kier alpha value is -1.58. The summed E-state index contributed by atoms with van der Waals surface area (Å²) in [5.74, 6) is 0.774. The Morgan fingerprint density at radius 2 is 2.24 bits per heavy atom. The number of halogens is 1. The van der Waals surface area contributed by atoms with Gasteiger partial charge >= 0.3 is 0 Å². The van der Waals surface area contributed by atoms with Crippen molar-refractivity contribution in [3.05, 3.63) is 24.0 Å². The summed E-state index contributed by atoms with van der Waals surface area (Å²) in [6, 6.07) is 5.32. The predicted molar refractivity (Wildman–Crippen MR) is 66.2 cm³/mol. The van der Waals surface area contributed by atoms with Crippen LogP contribution < -0.4 is 5.73 Å². The molecule has 0 radical (unpaired) electrons. The molecule has 1 saturated carbocycles. The lowest BCUT2D eigenvalue weighted by Crippen LogP contribution is -2.23. The van der Waals surface area contributed by atoms with E-state index >= 15 is 0 Å². The van der Waals surface area contributed by atoms with Crippen LogP contribution in [0.2, 0.25) is 0 Å². The standard InChI is InChI=1S/C13H16FN3/c1-8(9-4-2-5-9)17-11-7-3-6-10(14)12(11)16-13(17)15/h3,6-9H,2,4-5H2,1H3,(H2,15,16). The maximum Gasteiger partial charge on any atom is 0.201 e. The van der Waals surface area contributed by atoms with E-state index in [1.807, 2.05) is 10.6 Å². The third kappa shape index (κ3) is 1.51. The van der Waals surface area contributed by atoms with Crippen LogP contribution >= 0.6 is 0 Å². The number of para-hydroxylation sites is 1. The molecule has 17 heavy (non-hydrogen) atoms. The quantitative estimate of drug-likeness (QED) is 0.866. The fourth-order valence-corrected chi connectivity index (χ4v) is 2.66. The molecule has 1 aromatic heterocycles. The van der Waals surface area contributed by atoms with Crippen molar-refractivity contribution in [1.29, 1.82) is 0 Å². The first kappa shape index (κ1) is 10.6. The average molecular weight is 233 g/mol. The highest BCUT2D eigenvalue weighted by atomic mass is 19.1. The zero-order valence-electron chi connectivity index (χ0n) is 9.86. The Morgan fingerprint density at radius 1 is 1.47 bits per heavy atom.